The predicted octanol–water partition coefficient (Wildman–Crippen LogP) is 4.59. The fraction of sp³-hybridized carbons (Fsp3) is 0.423. The summed E-state index contributed by atoms with van der Waals surface area (Å²) in [6, 6.07) is 16.1. The third-order valence-electron chi connectivity index (χ3n) is 6.55. The molecule has 2 aliphatic rings. The van der Waals surface area contributed by atoms with Crippen LogP contribution in [0.5, 0.6) is 5.75 Å². The minimum absolute atomic E-state index is 0.0973. The van der Waals surface area contributed by atoms with Crippen molar-refractivity contribution in [1.82, 2.24) is 14.8 Å². The molecule has 3 atom stereocenters. The number of rotatable bonds is 7. The molecule has 0 radical (unpaired) electrons. The fourth-order valence-electron chi connectivity index (χ4n) is 4.79. The third kappa shape index (κ3) is 4.44. The van der Waals surface area contributed by atoms with Crippen LogP contribution in [0.25, 0.3) is 11.4 Å². The van der Waals surface area contributed by atoms with Gasteiger partial charge in [-0.3, -0.25) is 9.36 Å². The van der Waals surface area contributed by atoms with Crippen molar-refractivity contribution >= 4 is 23.4 Å². The number of hydrogen-bond acceptors (Lipinski definition) is 6. The molecule has 5 rings (SSSR count). The highest BCUT2D eigenvalue weighted by Gasteiger charge is 2.34. The molecule has 178 valence electrons. The molecule has 7 nitrogen and oxygen atoms in total. The normalized spacial score (nSPS) is 20.4. The van der Waals surface area contributed by atoms with Crippen molar-refractivity contribution in [2.45, 2.75) is 62.2 Å². The molecule has 1 aromatic heterocycles. The van der Waals surface area contributed by atoms with E-state index in [9.17, 15) is 4.79 Å². The first-order valence-corrected chi connectivity index (χ1v) is 12.7. The molecule has 3 heterocycles. The Morgan fingerprint density at radius 2 is 2.00 bits per heavy atom. The van der Waals surface area contributed by atoms with Gasteiger partial charge in [-0.15, -0.1) is 10.2 Å². The van der Waals surface area contributed by atoms with Crippen molar-refractivity contribution in [1.29, 1.82) is 0 Å². The first-order valence-electron chi connectivity index (χ1n) is 11.8. The molecular weight excluding hydrogens is 448 g/mol. The van der Waals surface area contributed by atoms with Crippen LogP contribution in [-0.4, -0.2) is 51.8 Å². The van der Waals surface area contributed by atoms with Crippen LogP contribution in [0.1, 0.15) is 32.3 Å². The molecule has 3 aromatic rings. The average molecular weight is 479 g/mol. The van der Waals surface area contributed by atoms with Crippen molar-refractivity contribution in [2.75, 3.05) is 18.6 Å². The number of hydrogen-bond donors (Lipinski definition) is 0. The number of ether oxygens (including phenoxy) is 2. The van der Waals surface area contributed by atoms with E-state index in [0.717, 1.165) is 53.9 Å². The molecule has 1 saturated heterocycles. The number of benzene rings is 2. The molecule has 2 aliphatic heterocycles. The molecule has 2 aromatic carbocycles. The molecule has 0 saturated carbocycles. The standard InChI is InChI=1S/C26H30N4O3S/c1-17-15-20-7-4-5-9-23(20)30(17)25(31)18(2)34-26-28-27-24(19-10-12-21(32-3)13-11-19)29(26)16-22-8-6-14-33-22/h4-5,7,9-13,17-18,22H,6,8,14-16H2,1-3H3. The number of amides is 1. The lowest BCUT2D eigenvalue weighted by atomic mass is 10.1. The van der Waals surface area contributed by atoms with Crippen LogP contribution < -0.4 is 9.64 Å². The van der Waals surface area contributed by atoms with Crippen LogP contribution in [0.3, 0.4) is 0 Å². The number of carbonyl (C=O) groups is 1. The van der Waals surface area contributed by atoms with Crippen LogP contribution in [0.2, 0.25) is 0 Å². The summed E-state index contributed by atoms with van der Waals surface area (Å²) in [5, 5.41) is 9.46. The lowest BCUT2D eigenvalue weighted by molar-refractivity contribution is -0.118. The summed E-state index contributed by atoms with van der Waals surface area (Å²) in [7, 11) is 1.65. The van der Waals surface area contributed by atoms with E-state index in [-0.39, 0.29) is 23.3 Å². The predicted molar refractivity (Wildman–Crippen MR) is 133 cm³/mol. The topological polar surface area (TPSA) is 69.5 Å². The number of aromatic nitrogens is 3. The molecule has 0 aliphatic carbocycles. The minimum atomic E-state index is -0.301. The first-order chi connectivity index (χ1) is 16.5. The second kappa shape index (κ2) is 9.80. The van der Waals surface area contributed by atoms with E-state index in [1.807, 2.05) is 54.3 Å². The second-order valence-corrected chi connectivity index (χ2v) is 10.2. The van der Waals surface area contributed by atoms with Gasteiger partial charge in [-0.2, -0.15) is 0 Å². The summed E-state index contributed by atoms with van der Waals surface area (Å²) >= 11 is 1.47. The summed E-state index contributed by atoms with van der Waals surface area (Å²) < 4.78 is 13.3. The Morgan fingerprint density at radius 3 is 2.74 bits per heavy atom. The van der Waals surface area contributed by atoms with Crippen LogP contribution in [0, 0.1) is 0 Å². The van der Waals surface area contributed by atoms with E-state index in [2.05, 4.69) is 27.8 Å². The van der Waals surface area contributed by atoms with Crippen molar-refractivity contribution in [3.63, 3.8) is 0 Å². The van der Waals surface area contributed by atoms with Gasteiger partial charge in [0.15, 0.2) is 11.0 Å². The summed E-state index contributed by atoms with van der Waals surface area (Å²) in [5.41, 5.74) is 3.20. The Bertz CT molecular complexity index is 1160. The Kier molecular flexibility index (Phi) is 6.61. The van der Waals surface area contributed by atoms with Gasteiger partial charge in [0.05, 0.1) is 25.0 Å². The van der Waals surface area contributed by atoms with Gasteiger partial charge in [-0.05, 0) is 69.0 Å². The van der Waals surface area contributed by atoms with Crippen molar-refractivity contribution in [3.05, 3.63) is 54.1 Å². The van der Waals surface area contributed by atoms with Gasteiger partial charge in [0.25, 0.3) is 0 Å². The zero-order valence-corrected chi connectivity index (χ0v) is 20.6. The zero-order chi connectivity index (χ0) is 23.7. The average Bonchev–Trinajstić information content (AvgIpc) is 3.58. The highest BCUT2D eigenvalue weighted by atomic mass is 32.2. The van der Waals surface area contributed by atoms with Gasteiger partial charge in [0, 0.05) is 23.9 Å². The molecule has 1 fully saturated rings. The Labute approximate surface area is 204 Å². The van der Waals surface area contributed by atoms with Gasteiger partial charge < -0.3 is 14.4 Å². The molecule has 34 heavy (non-hydrogen) atoms. The minimum Gasteiger partial charge on any atom is -0.497 e. The molecule has 0 bridgehead atoms. The fourth-order valence-corrected chi connectivity index (χ4v) is 5.70. The monoisotopic (exact) mass is 478 g/mol. The smallest absolute Gasteiger partial charge is 0.240 e. The van der Waals surface area contributed by atoms with Gasteiger partial charge in [-0.1, -0.05) is 30.0 Å². The molecular formula is C26H30N4O3S. The largest absolute Gasteiger partial charge is 0.497 e. The van der Waals surface area contributed by atoms with Crippen LogP contribution >= 0.6 is 11.8 Å². The summed E-state index contributed by atoms with van der Waals surface area (Å²) in [6.45, 7) is 5.52. The zero-order valence-electron chi connectivity index (χ0n) is 19.8. The maximum atomic E-state index is 13.5. The van der Waals surface area contributed by atoms with Gasteiger partial charge >= 0.3 is 0 Å². The first kappa shape index (κ1) is 22.9. The van der Waals surface area contributed by atoms with Gasteiger partial charge in [-0.25, -0.2) is 0 Å². The third-order valence-corrected chi connectivity index (χ3v) is 7.62. The van der Waals surface area contributed by atoms with Gasteiger partial charge in [0.1, 0.15) is 5.75 Å². The molecule has 0 N–H and O–H groups in total. The Balaban J connectivity index is 1.41. The number of para-hydroxylation sites is 1. The number of nitrogens with zero attached hydrogens (tertiary/aromatic N) is 4. The molecule has 1 amide bonds. The SMILES string of the molecule is COc1ccc(-c2nnc(SC(C)C(=O)N3c4ccccc4CC3C)n2CC2CCCO2)cc1. The Morgan fingerprint density at radius 1 is 1.21 bits per heavy atom. The highest BCUT2D eigenvalue weighted by Crippen LogP contribution is 2.35. The van der Waals surface area contributed by atoms with E-state index in [1.54, 1.807) is 7.11 Å². The number of fused-ring (bicyclic) bond motifs is 1. The van der Waals surface area contributed by atoms with Crippen molar-refractivity contribution in [3.8, 4) is 17.1 Å². The van der Waals surface area contributed by atoms with Crippen molar-refractivity contribution in [2.24, 2.45) is 0 Å². The summed E-state index contributed by atoms with van der Waals surface area (Å²) in [5.74, 6) is 1.67. The van der Waals surface area contributed by atoms with E-state index < -0.39 is 0 Å². The van der Waals surface area contributed by atoms with E-state index in [1.165, 1.54) is 17.3 Å². The number of thioether (sulfide) groups is 1. The molecule has 3 unspecified atom stereocenters. The van der Waals surface area contributed by atoms with E-state index in [0.29, 0.717) is 6.54 Å². The summed E-state index contributed by atoms with van der Waals surface area (Å²) in [6.07, 6.45) is 3.09. The highest BCUT2D eigenvalue weighted by molar-refractivity contribution is 8.00. The van der Waals surface area contributed by atoms with Gasteiger partial charge in [0.2, 0.25) is 5.91 Å². The molecule has 0 spiro atoms. The quantitative estimate of drug-likeness (QED) is 0.463. The van der Waals surface area contributed by atoms with E-state index >= 15 is 0 Å². The van der Waals surface area contributed by atoms with Crippen LogP contribution in [-0.2, 0) is 22.5 Å². The maximum Gasteiger partial charge on any atom is 0.240 e. The molecule has 8 heteroatoms. The van der Waals surface area contributed by atoms with Crippen molar-refractivity contribution < 1.29 is 14.3 Å². The maximum absolute atomic E-state index is 13.5. The Hall–Kier alpha value is -2.84. The lowest BCUT2D eigenvalue weighted by Gasteiger charge is -2.26. The van der Waals surface area contributed by atoms with Crippen LogP contribution in [0.4, 0.5) is 5.69 Å². The van der Waals surface area contributed by atoms with Crippen LogP contribution in [0.15, 0.2) is 53.7 Å². The summed E-state index contributed by atoms with van der Waals surface area (Å²) in [4.78, 5) is 15.5. The number of anilines is 1. The number of carbonyl (C=O) groups excluding carboxylic acids is 1. The lowest BCUT2D eigenvalue weighted by Crippen LogP contribution is -2.40. The number of methoxy groups -OCH3 is 1. The second-order valence-electron chi connectivity index (χ2n) is 8.93. The van der Waals surface area contributed by atoms with E-state index in [4.69, 9.17) is 9.47 Å².